The second kappa shape index (κ2) is 5.17. The van der Waals surface area contributed by atoms with Gasteiger partial charge in [-0.3, -0.25) is 14.3 Å². The van der Waals surface area contributed by atoms with E-state index in [1.807, 2.05) is 0 Å². The molecule has 0 aromatic carbocycles. The predicted molar refractivity (Wildman–Crippen MR) is 67.8 cm³/mol. The van der Waals surface area contributed by atoms with Gasteiger partial charge in [-0.15, -0.1) is 0 Å². The number of fused-ring (bicyclic) bond motifs is 1. The standard InChI is InChI=1S/C10H13N5O4.H2O/c11-10-13-8-7(9(18)14-10)12-3-15(8)6-1-4(17)5(2-16)19-6;/h3-6,16-17H,1-2H2,(H3,11,13,14,18);1H2/t4-,5+,6+;/m0./s1. The molecule has 3 atom stereocenters. The van der Waals surface area contributed by atoms with Gasteiger partial charge in [0.15, 0.2) is 11.2 Å². The number of nitrogen functional groups attached to an aromatic ring is 1. The number of imidazole rings is 1. The summed E-state index contributed by atoms with van der Waals surface area (Å²) in [6.07, 6.45) is -0.270. The number of nitrogens with zero attached hydrogens (tertiary/aromatic N) is 3. The zero-order valence-corrected chi connectivity index (χ0v) is 10.4. The molecule has 2 aromatic rings. The van der Waals surface area contributed by atoms with Crippen molar-refractivity contribution in [3.05, 3.63) is 16.7 Å². The number of anilines is 1. The summed E-state index contributed by atoms with van der Waals surface area (Å²) >= 11 is 0. The Morgan fingerprint density at radius 1 is 1.60 bits per heavy atom. The number of aromatic amines is 1. The number of ether oxygens (including phenoxy) is 1. The number of rotatable bonds is 2. The monoisotopic (exact) mass is 285 g/mol. The molecule has 1 saturated heterocycles. The number of aliphatic hydroxyl groups is 2. The zero-order valence-electron chi connectivity index (χ0n) is 10.4. The number of H-pyrrole nitrogens is 1. The van der Waals surface area contributed by atoms with Gasteiger partial charge in [0.1, 0.15) is 12.3 Å². The number of nitrogens with one attached hydrogen (secondary N) is 1. The van der Waals surface area contributed by atoms with Crippen molar-refractivity contribution < 1.29 is 20.4 Å². The minimum Gasteiger partial charge on any atom is -0.412 e. The Hall–Kier alpha value is -2.01. The number of hydrogen-bond donors (Lipinski definition) is 4. The van der Waals surface area contributed by atoms with E-state index in [2.05, 4.69) is 15.0 Å². The van der Waals surface area contributed by atoms with Crippen molar-refractivity contribution in [3.8, 4) is 0 Å². The van der Waals surface area contributed by atoms with Crippen molar-refractivity contribution >= 4 is 17.1 Å². The molecule has 10 heteroatoms. The average molecular weight is 285 g/mol. The highest BCUT2D eigenvalue weighted by atomic mass is 16.5. The van der Waals surface area contributed by atoms with E-state index in [1.54, 1.807) is 0 Å². The third kappa shape index (κ3) is 2.14. The third-order valence-electron chi connectivity index (χ3n) is 3.15. The SMILES string of the molecule is Nc1nc2c(ncn2[C@H]2C[C@H](O)[C@@H](CO)O2)c(=O)[nH]1.O. The molecule has 0 unspecified atom stereocenters. The smallest absolute Gasteiger partial charge is 0.280 e. The fraction of sp³-hybridized carbons (Fsp3) is 0.500. The van der Waals surface area contributed by atoms with Crippen molar-refractivity contribution in [1.29, 1.82) is 0 Å². The van der Waals surface area contributed by atoms with E-state index in [1.165, 1.54) is 10.9 Å². The Balaban J connectivity index is 0.00000147. The van der Waals surface area contributed by atoms with E-state index >= 15 is 0 Å². The van der Waals surface area contributed by atoms with Gasteiger partial charge in [0, 0.05) is 6.42 Å². The van der Waals surface area contributed by atoms with Crippen molar-refractivity contribution in [3.63, 3.8) is 0 Å². The molecule has 0 amide bonds. The molecule has 0 saturated carbocycles. The van der Waals surface area contributed by atoms with E-state index < -0.39 is 24.0 Å². The van der Waals surface area contributed by atoms with Crippen LogP contribution in [0.5, 0.6) is 0 Å². The van der Waals surface area contributed by atoms with Crippen LogP contribution in [-0.2, 0) is 4.74 Å². The first-order valence-electron chi connectivity index (χ1n) is 5.77. The maximum atomic E-state index is 11.6. The quantitative estimate of drug-likeness (QED) is 0.473. The van der Waals surface area contributed by atoms with E-state index in [0.717, 1.165) is 0 Å². The average Bonchev–Trinajstić information content (AvgIpc) is 2.92. The lowest BCUT2D eigenvalue weighted by atomic mass is 10.2. The normalized spacial score (nSPS) is 25.8. The van der Waals surface area contributed by atoms with Gasteiger partial charge >= 0.3 is 0 Å². The molecular formula is C10H15N5O5. The Morgan fingerprint density at radius 3 is 3.00 bits per heavy atom. The molecule has 10 nitrogen and oxygen atoms in total. The third-order valence-corrected chi connectivity index (χ3v) is 3.15. The summed E-state index contributed by atoms with van der Waals surface area (Å²) in [7, 11) is 0. The van der Waals surface area contributed by atoms with E-state index in [-0.39, 0.29) is 35.6 Å². The fourth-order valence-corrected chi connectivity index (χ4v) is 2.20. The van der Waals surface area contributed by atoms with Crippen molar-refractivity contribution in [2.24, 2.45) is 0 Å². The summed E-state index contributed by atoms with van der Waals surface area (Å²) in [5.74, 6) is -0.0171. The number of hydrogen-bond acceptors (Lipinski definition) is 7. The Morgan fingerprint density at radius 2 is 2.35 bits per heavy atom. The van der Waals surface area contributed by atoms with E-state index in [0.29, 0.717) is 0 Å². The van der Waals surface area contributed by atoms with Gasteiger partial charge in [-0.05, 0) is 0 Å². The molecular weight excluding hydrogens is 270 g/mol. The number of aliphatic hydroxyl groups excluding tert-OH is 2. The highest BCUT2D eigenvalue weighted by Gasteiger charge is 2.35. The van der Waals surface area contributed by atoms with Crippen LogP contribution in [0.1, 0.15) is 12.6 Å². The van der Waals surface area contributed by atoms with Gasteiger partial charge in [0.05, 0.1) is 19.0 Å². The van der Waals surface area contributed by atoms with Gasteiger partial charge in [-0.1, -0.05) is 0 Å². The first-order chi connectivity index (χ1) is 9.10. The van der Waals surface area contributed by atoms with Gasteiger partial charge in [0.2, 0.25) is 5.95 Å². The largest absolute Gasteiger partial charge is 0.412 e. The Labute approximate surface area is 112 Å². The highest BCUT2D eigenvalue weighted by molar-refractivity contribution is 5.70. The summed E-state index contributed by atoms with van der Waals surface area (Å²) < 4.78 is 7.01. The molecule has 1 aliphatic rings. The Bertz CT molecular complexity index is 668. The van der Waals surface area contributed by atoms with Gasteiger partial charge < -0.3 is 26.2 Å². The first-order valence-corrected chi connectivity index (χ1v) is 5.77. The minimum absolute atomic E-state index is 0. The molecule has 2 aromatic heterocycles. The Kier molecular flexibility index (Phi) is 3.72. The molecule has 0 radical (unpaired) electrons. The van der Waals surface area contributed by atoms with Crippen LogP contribution < -0.4 is 11.3 Å². The molecule has 3 heterocycles. The maximum absolute atomic E-state index is 11.6. The van der Waals surface area contributed by atoms with Crippen LogP contribution in [0.2, 0.25) is 0 Å². The fourth-order valence-electron chi connectivity index (χ4n) is 2.20. The predicted octanol–water partition coefficient (Wildman–Crippen LogP) is -2.48. The highest BCUT2D eigenvalue weighted by Crippen LogP contribution is 2.30. The molecule has 1 fully saturated rings. The summed E-state index contributed by atoms with van der Waals surface area (Å²) in [6.45, 7) is -0.277. The van der Waals surface area contributed by atoms with Crippen molar-refractivity contribution in [1.82, 2.24) is 19.5 Å². The molecule has 1 aliphatic heterocycles. The summed E-state index contributed by atoms with van der Waals surface area (Å²) in [5, 5.41) is 18.8. The molecule has 7 N–H and O–H groups in total. The lowest BCUT2D eigenvalue weighted by Gasteiger charge is -2.13. The van der Waals surface area contributed by atoms with E-state index in [9.17, 15) is 9.90 Å². The number of aromatic nitrogens is 4. The zero-order chi connectivity index (χ0) is 13.6. The number of nitrogens with two attached hydrogens (primary N) is 1. The lowest BCUT2D eigenvalue weighted by Crippen LogP contribution is -2.24. The second-order valence-corrected chi connectivity index (χ2v) is 4.39. The van der Waals surface area contributed by atoms with Gasteiger partial charge in [0.25, 0.3) is 5.56 Å². The van der Waals surface area contributed by atoms with Crippen LogP contribution in [0, 0.1) is 0 Å². The van der Waals surface area contributed by atoms with Crippen LogP contribution in [0.4, 0.5) is 5.95 Å². The topological polar surface area (TPSA) is 171 Å². The molecule has 110 valence electrons. The van der Waals surface area contributed by atoms with Gasteiger partial charge in [-0.2, -0.15) is 4.98 Å². The van der Waals surface area contributed by atoms with Crippen molar-refractivity contribution in [2.75, 3.05) is 12.3 Å². The first kappa shape index (κ1) is 14.4. The molecule has 0 spiro atoms. The minimum atomic E-state index is -0.771. The van der Waals surface area contributed by atoms with Crippen LogP contribution in [0.15, 0.2) is 11.1 Å². The second-order valence-electron chi connectivity index (χ2n) is 4.39. The van der Waals surface area contributed by atoms with Gasteiger partial charge in [-0.25, -0.2) is 4.98 Å². The molecule has 3 rings (SSSR count). The lowest BCUT2D eigenvalue weighted by molar-refractivity contribution is -0.0432. The summed E-state index contributed by atoms with van der Waals surface area (Å²) in [5.41, 5.74) is 5.50. The van der Waals surface area contributed by atoms with Crippen LogP contribution in [0.25, 0.3) is 11.2 Å². The summed E-state index contributed by atoms with van der Waals surface area (Å²) in [6, 6.07) is 0. The molecule has 20 heavy (non-hydrogen) atoms. The van der Waals surface area contributed by atoms with Crippen LogP contribution in [0.3, 0.4) is 0 Å². The molecule has 0 bridgehead atoms. The summed E-state index contributed by atoms with van der Waals surface area (Å²) in [4.78, 5) is 22.0. The van der Waals surface area contributed by atoms with Crippen LogP contribution >= 0.6 is 0 Å². The van der Waals surface area contributed by atoms with E-state index in [4.69, 9.17) is 15.6 Å². The maximum Gasteiger partial charge on any atom is 0.280 e. The molecule has 0 aliphatic carbocycles. The van der Waals surface area contributed by atoms with Crippen LogP contribution in [-0.4, -0.2) is 54.0 Å². The van der Waals surface area contributed by atoms with Crippen molar-refractivity contribution in [2.45, 2.75) is 24.9 Å².